The summed E-state index contributed by atoms with van der Waals surface area (Å²) in [7, 11) is -7.17. The second-order valence-corrected chi connectivity index (χ2v) is 12.1. The van der Waals surface area contributed by atoms with Crippen LogP contribution < -0.4 is 0 Å². The predicted molar refractivity (Wildman–Crippen MR) is 120 cm³/mol. The van der Waals surface area contributed by atoms with E-state index in [1.54, 1.807) is 31.2 Å². The van der Waals surface area contributed by atoms with E-state index in [4.69, 9.17) is 11.6 Å². The number of hydrogen-bond donors (Lipinski definition) is 0. The molecule has 1 fully saturated rings. The van der Waals surface area contributed by atoms with Crippen molar-refractivity contribution in [3.8, 4) is 0 Å². The van der Waals surface area contributed by atoms with Crippen molar-refractivity contribution in [2.45, 2.75) is 30.8 Å². The molecule has 168 valence electrons. The van der Waals surface area contributed by atoms with Crippen molar-refractivity contribution in [1.82, 2.24) is 9.21 Å². The Morgan fingerprint density at radius 3 is 2.29 bits per heavy atom. The summed E-state index contributed by atoms with van der Waals surface area (Å²) in [5.41, 5.74) is 0.735. The molecule has 3 rings (SSSR count). The van der Waals surface area contributed by atoms with Crippen molar-refractivity contribution in [3.63, 3.8) is 0 Å². The molecule has 2 aromatic carbocycles. The molecule has 2 aromatic rings. The van der Waals surface area contributed by atoms with E-state index < -0.39 is 31.8 Å². The van der Waals surface area contributed by atoms with Crippen LogP contribution in [0.2, 0.25) is 5.02 Å². The quantitative estimate of drug-likeness (QED) is 0.574. The van der Waals surface area contributed by atoms with Crippen molar-refractivity contribution < 1.29 is 21.6 Å². The molecule has 0 radical (unpaired) electrons. The lowest BCUT2D eigenvalue weighted by molar-refractivity contribution is -0.133. The normalized spacial score (nSPS) is 18.2. The van der Waals surface area contributed by atoms with Crippen molar-refractivity contribution in [2.24, 2.45) is 0 Å². The number of hydrogen-bond acceptors (Lipinski definition) is 5. The number of rotatable bonds is 8. The van der Waals surface area contributed by atoms with Gasteiger partial charge in [-0.2, -0.15) is 4.31 Å². The molecule has 0 saturated carbocycles. The molecule has 1 aliphatic heterocycles. The van der Waals surface area contributed by atoms with E-state index >= 15 is 0 Å². The molecule has 0 spiro atoms. The van der Waals surface area contributed by atoms with Gasteiger partial charge in [0, 0.05) is 24.2 Å². The van der Waals surface area contributed by atoms with E-state index in [0.29, 0.717) is 18.0 Å². The number of carbonyl (C=O) groups excluding carboxylic acids is 1. The van der Waals surface area contributed by atoms with Gasteiger partial charge in [-0.3, -0.25) is 4.79 Å². The van der Waals surface area contributed by atoms with Crippen LogP contribution in [-0.2, 0) is 31.2 Å². The third kappa shape index (κ3) is 5.85. The van der Waals surface area contributed by atoms with Gasteiger partial charge >= 0.3 is 0 Å². The molecule has 31 heavy (non-hydrogen) atoms. The minimum absolute atomic E-state index is 0.0120. The summed E-state index contributed by atoms with van der Waals surface area (Å²) in [6.45, 7) is 1.69. The first-order valence-electron chi connectivity index (χ1n) is 9.92. The highest BCUT2D eigenvalue weighted by Crippen LogP contribution is 2.22. The highest BCUT2D eigenvalue weighted by atomic mass is 35.5. The Bertz CT molecular complexity index is 1120. The van der Waals surface area contributed by atoms with Gasteiger partial charge in [0.1, 0.15) is 0 Å². The number of carbonyl (C=O) groups is 1. The molecule has 1 atom stereocenters. The molecule has 1 amide bonds. The Morgan fingerprint density at radius 2 is 1.74 bits per heavy atom. The van der Waals surface area contributed by atoms with Crippen molar-refractivity contribution >= 4 is 37.4 Å². The maximum absolute atomic E-state index is 13.3. The lowest BCUT2D eigenvalue weighted by Gasteiger charge is -2.30. The van der Waals surface area contributed by atoms with E-state index in [0.717, 1.165) is 9.87 Å². The number of nitrogens with zero attached hydrogens (tertiary/aromatic N) is 2. The van der Waals surface area contributed by atoms with Crippen molar-refractivity contribution in [1.29, 1.82) is 0 Å². The van der Waals surface area contributed by atoms with Gasteiger partial charge in [-0.05, 0) is 43.2 Å². The Hall–Kier alpha value is -1.94. The SMILES string of the molecule is CCN(C(=O)CN(Cc1ccccc1)S(=O)(=O)c1ccc(Cl)cc1)[C@@H]1CCS(=O)(=O)C1. The van der Waals surface area contributed by atoms with E-state index in [9.17, 15) is 21.6 Å². The van der Waals surface area contributed by atoms with E-state index in [1.165, 1.54) is 29.2 Å². The lowest BCUT2D eigenvalue weighted by atomic mass is 10.2. The van der Waals surface area contributed by atoms with E-state index in [2.05, 4.69) is 0 Å². The first-order chi connectivity index (χ1) is 14.6. The predicted octanol–water partition coefficient (Wildman–Crippen LogP) is 2.57. The third-order valence-corrected chi connectivity index (χ3v) is 9.08. The van der Waals surface area contributed by atoms with Crippen LogP contribution in [0.5, 0.6) is 0 Å². The highest BCUT2D eigenvalue weighted by Gasteiger charge is 2.36. The summed E-state index contributed by atoms with van der Waals surface area (Å²) in [6.07, 6.45) is 0.366. The summed E-state index contributed by atoms with van der Waals surface area (Å²) in [4.78, 5) is 14.6. The fourth-order valence-corrected chi connectivity index (χ4v) is 6.90. The first-order valence-corrected chi connectivity index (χ1v) is 13.6. The van der Waals surface area contributed by atoms with Crippen LogP contribution >= 0.6 is 11.6 Å². The second kappa shape index (κ2) is 9.68. The van der Waals surface area contributed by atoms with E-state index in [-0.39, 0.29) is 29.5 Å². The summed E-state index contributed by atoms with van der Waals surface area (Å²) in [6, 6.07) is 14.3. The average Bonchev–Trinajstić information content (AvgIpc) is 3.08. The third-order valence-electron chi connectivity index (χ3n) is 5.27. The molecule has 0 bridgehead atoms. The van der Waals surface area contributed by atoms with Gasteiger partial charge in [0.25, 0.3) is 0 Å². The topological polar surface area (TPSA) is 91.8 Å². The van der Waals surface area contributed by atoms with Crippen LogP contribution in [0.25, 0.3) is 0 Å². The molecule has 10 heteroatoms. The van der Waals surface area contributed by atoms with E-state index in [1.807, 2.05) is 6.07 Å². The first kappa shape index (κ1) is 23.7. The van der Waals surface area contributed by atoms with Crippen molar-refractivity contribution in [3.05, 3.63) is 65.2 Å². The summed E-state index contributed by atoms with van der Waals surface area (Å²) in [5.74, 6) is -0.467. The van der Waals surface area contributed by atoms with Crippen LogP contribution in [-0.4, -0.2) is 62.6 Å². The molecule has 0 unspecified atom stereocenters. The molecule has 1 saturated heterocycles. The minimum atomic E-state index is -3.99. The smallest absolute Gasteiger partial charge is 0.243 e. The maximum atomic E-state index is 13.3. The molecule has 7 nitrogen and oxygen atoms in total. The van der Waals surface area contributed by atoms with Gasteiger partial charge in [0.15, 0.2) is 9.84 Å². The van der Waals surface area contributed by atoms with Gasteiger partial charge in [0.05, 0.1) is 22.9 Å². The fourth-order valence-electron chi connectivity index (χ4n) is 3.67. The van der Waals surface area contributed by atoms with Gasteiger partial charge in [0.2, 0.25) is 15.9 Å². The zero-order valence-corrected chi connectivity index (χ0v) is 19.5. The average molecular weight is 485 g/mol. The Kier molecular flexibility index (Phi) is 7.41. The molecule has 1 aliphatic rings. The number of halogens is 1. The zero-order valence-electron chi connectivity index (χ0n) is 17.1. The monoisotopic (exact) mass is 484 g/mol. The summed E-state index contributed by atoms with van der Waals surface area (Å²) < 4.78 is 51.5. The molecular weight excluding hydrogens is 460 g/mol. The van der Waals surface area contributed by atoms with Gasteiger partial charge < -0.3 is 4.90 Å². The minimum Gasteiger partial charge on any atom is -0.338 e. The van der Waals surface area contributed by atoms with Gasteiger partial charge in [-0.1, -0.05) is 41.9 Å². The van der Waals surface area contributed by atoms with Gasteiger partial charge in [-0.15, -0.1) is 0 Å². The highest BCUT2D eigenvalue weighted by molar-refractivity contribution is 7.91. The number of sulfonamides is 1. The molecule has 0 N–H and O–H groups in total. The Balaban J connectivity index is 1.88. The van der Waals surface area contributed by atoms with Crippen LogP contribution in [0, 0.1) is 0 Å². The van der Waals surface area contributed by atoms with Crippen LogP contribution in [0.1, 0.15) is 18.9 Å². The standard InChI is InChI=1S/C21H25ClN2O5S2/c1-2-24(19-12-13-30(26,27)16-19)21(25)15-23(14-17-6-4-3-5-7-17)31(28,29)20-10-8-18(22)9-11-20/h3-11,19H,2,12-16H2,1H3/t19-/m1/s1. The lowest BCUT2D eigenvalue weighted by Crippen LogP contribution is -2.47. The van der Waals surface area contributed by atoms with Crippen LogP contribution in [0.3, 0.4) is 0 Å². The Morgan fingerprint density at radius 1 is 1.10 bits per heavy atom. The summed E-state index contributed by atoms with van der Waals surface area (Å²) in [5, 5.41) is 0.407. The maximum Gasteiger partial charge on any atom is 0.243 e. The van der Waals surface area contributed by atoms with Crippen molar-refractivity contribution in [2.75, 3.05) is 24.6 Å². The molecule has 1 heterocycles. The molecule has 0 aromatic heterocycles. The Labute approximate surface area is 188 Å². The number of likely N-dealkylation sites (N-methyl/N-ethyl adjacent to an activating group) is 1. The second-order valence-electron chi connectivity index (χ2n) is 7.45. The molecule has 0 aliphatic carbocycles. The fraction of sp³-hybridized carbons (Fsp3) is 0.381. The number of benzene rings is 2. The zero-order chi connectivity index (χ0) is 22.6. The number of amides is 1. The van der Waals surface area contributed by atoms with Crippen LogP contribution in [0.15, 0.2) is 59.5 Å². The van der Waals surface area contributed by atoms with Crippen LogP contribution in [0.4, 0.5) is 0 Å². The molecular formula is C21H25ClN2O5S2. The summed E-state index contributed by atoms with van der Waals surface area (Å²) >= 11 is 5.89. The largest absolute Gasteiger partial charge is 0.338 e. The van der Waals surface area contributed by atoms with Gasteiger partial charge in [-0.25, -0.2) is 16.8 Å². The number of sulfone groups is 1.